The van der Waals surface area contributed by atoms with Crippen molar-refractivity contribution in [2.75, 3.05) is 13.7 Å². The third-order valence-corrected chi connectivity index (χ3v) is 2.79. The number of amides is 2. The molecule has 1 fully saturated rings. The summed E-state index contributed by atoms with van der Waals surface area (Å²) in [6.45, 7) is -0.0673. The van der Waals surface area contributed by atoms with E-state index in [1.807, 2.05) is 0 Å². The summed E-state index contributed by atoms with van der Waals surface area (Å²) in [6, 6.07) is 4.59. The molecule has 1 saturated carbocycles. The first-order valence-electron chi connectivity index (χ1n) is 6.04. The zero-order chi connectivity index (χ0) is 13.8. The zero-order valence-corrected chi connectivity index (χ0v) is 10.6. The van der Waals surface area contributed by atoms with Crippen LogP contribution in [0.5, 0.6) is 11.5 Å². The van der Waals surface area contributed by atoms with Crippen molar-refractivity contribution < 1.29 is 19.4 Å². The second-order valence-electron chi connectivity index (χ2n) is 4.41. The maximum absolute atomic E-state index is 11.8. The highest BCUT2D eigenvalue weighted by atomic mass is 16.5. The van der Waals surface area contributed by atoms with Crippen LogP contribution in [0.15, 0.2) is 18.2 Å². The summed E-state index contributed by atoms with van der Waals surface area (Å²) >= 11 is 0. The van der Waals surface area contributed by atoms with Gasteiger partial charge in [-0.1, -0.05) is 0 Å². The molecule has 6 heteroatoms. The van der Waals surface area contributed by atoms with Crippen molar-refractivity contribution in [3.05, 3.63) is 23.8 Å². The molecule has 0 radical (unpaired) electrons. The van der Waals surface area contributed by atoms with E-state index in [0.717, 1.165) is 12.8 Å². The molecule has 0 unspecified atom stereocenters. The summed E-state index contributed by atoms with van der Waals surface area (Å²) in [5, 5.41) is 14.8. The third kappa shape index (κ3) is 3.61. The highest BCUT2D eigenvalue weighted by molar-refractivity contribution is 5.97. The summed E-state index contributed by atoms with van der Waals surface area (Å²) in [4.78, 5) is 23.2. The summed E-state index contributed by atoms with van der Waals surface area (Å²) < 4.78 is 4.88. The average molecular weight is 264 g/mol. The van der Waals surface area contributed by atoms with Gasteiger partial charge < -0.3 is 20.5 Å². The number of nitrogens with one attached hydrogen (secondary N) is 2. The van der Waals surface area contributed by atoms with E-state index in [4.69, 9.17) is 4.74 Å². The van der Waals surface area contributed by atoms with Gasteiger partial charge in [-0.05, 0) is 31.0 Å². The van der Waals surface area contributed by atoms with Crippen molar-refractivity contribution in [3.8, 4) is 11.5 Å². The number of hydrogen-bond acceptors (Lipinski definition) is 4. The minimum absolute atomic E-state index is 0.0673. The van der Waals surface area contributed by atoms with Crippen LogP contribution in [0.25, 0.3) is 0 Å². The third-order valence-electron chi connectivity index (χ3n) is 2.79. The summed E-state index contributed by atoms with van der Waals surface area (Å²) in [5.74, 6) is -0.432. The van der Waals surface area contributed by atoms with Gasteiger partial charge in [0, 0.05) is 11.6 Å². The van der Waals surface area contributed by atoms with Crippen molar-refractivity contribution in [1.82, 2.24) is 10.6 Å². The van der Waals surface area contributed by atoms with Gasteiger partial charge in [0.25, 0.3) is 5.91 Å². The second-order valence-corrected chi connectivity index (χ2v) is 4.41. The van der Waals surface area contributed by atoms with E-state index in [1.54, 1.807) is 0 Å². The molecule has 1 aliphatic rings. The van der Waals surface area contributed by atoms with Gasteiger partial charge in [-0.15, -0.1) is 0 Å². The van der Waals surface area contributed by atoms with Crippen molar-refractivity contribution in [1.29, 1.82) is 0 Å². The molecule has 1 aliphatic carbocycles. The Kier molecular flexibility index (Phi) is 3.89. The maximum Gasteiger partial charge on any atom is 0.251 e. The number of phenols is 1. The largest absolute Gasteiger partial charge is 0.504 e. The fraction of sp³-hybridized carbons (Fsp3) is 0.385. The van der Waals surface area contributed by atoms with Gasteiger partial charge in [-0.2, -0.15) is 0 Å². The van der Waals surface area contributed by atoms with Crippen molar-refractivity contribution in [3.63, 3.8) is 0 Å². The number of benzene rings is 1. The summed E-state index contributed by atoms with van der Waals surface area (Å²) in [7, 11) is 1.43. The lowest BCUT2D eigenvalue weighted by molar-refractivity contribution is -0.120. The number of carbonyl (C=O) groups excluding carboxylic acids is 2. The molecule has 19 heavy (non-hydrogen) atoms. The van der Waals surface area contributed by atoms with E-state index >= 15 is 0 Å². The molecule has 0 saturated heterocycles. The predicted octanol–water partition coefficient (Wildman–Crippen LogP) is 0.409. The lowest BCUT2D eigenvalue weighted by Crippen LogP contribution is -2.37. The molecule has 1 aromatic carbocycles. The van der Waals surface area contributed by atoms with Crippen LogP contribution in [0.1, 0.15) is 23.2 Å². The fourth-order valence-corrected chi connectivity index (χ4v) is 1.60. The van der Waals surface area contributed by atoms with Gasteiger partial charge in [0.15, 0.2) is 11.5 Å². The highest BCUT2D eigenvalue weighted by Gasteiger charge is 2.23. The first-order chi connectivity index (χ1) is 9.10. The van der Waals surface area contributed by atoms with E-state index in [-0.39, 0.29) is 29.8 Å². The molecule has 1 aromatic rings. The van der Waals surface area contributed by atoms with Crippen LogP contribution >= 0.6 is 0 Å². The Morgan fingerprint density at radius 1 is 1.42 bits per heavy atom. The topological polar surface area (TPSA) is 87.7 Å². The van der Waals surface area contributed by atoms with Crippen molar-refractivity contribution >= 4 is 11.8 Å². The monoisotopic (exact) mass is 264 g/mol. The number of carbonyl (C=O) groups is 2. The van der Waals surface area contributed by atoms with Crippen LogP contribution in [0, 0.1) is 0 Å². The Morgan fingerprint density at radius 3 is 2.74 bits per heavy atom. The van der Waals surface area contributed by atoms with E-state index in [9.17, 15) is 14.7 Å². The second kappa shape index (κ2) is 5.60. The minimum Gasteiger partial charge on any atom is -0.504 e. The number of ether oxygens (including phenoxy) is 1. The Bertz CT molecular complexity index is 497. The fourth-order valence-electron chi connectivity index (χ4n) is 1.60. The molecular formula is C13H16N2O4. The molecule has 2 rings (SSSR count). The summed E-state index contributed by atoms with van der Waals surface area (Å²) in [5.41, 5.74) is 0.275. The number of hydrogen-bond donors (Lipinski definition) is 3. The highest BCUT2D eigenvalue weighted by Crippen LogP contribution is 2.26. The molecule has 0 atom stereocenters. The average Bonchev–Trinajstić information content (AvgIpc) is 3.19. The van der Waals surface area contributed by atoms with Gasteiger partial charge in [0.05, 0.1) is 13.7 Å². The van der Waals surface area contributed by atoms with Crippen LogP contribution in [0.4, 0.5) is 0 Å². The van der Waals surface area contributed by atoms with E-state index in [2.05, 4.69) is 10.6 Å². The standard InChI is InChI=1S/C13H16N2O4/c1-19-11-5-2-8(6-10(11)16)13(18)14-7-12(17)15-9-3-4-9/h2,5-6,9,16H,3-4,7H2,1H3,(H,14,18)(H,15,17). The normalized spacial score (nSPS) is 13.7. The molecule has 6 nitrogen and oxygen atoms in total. The smallest absolute Gasteiger partial charge is 0.251 e. The van der Waals surface area contributed by atoms with E-state index in [1.165, 1.54) is 25.3 Å². The van der Waals surface area contributed by atoms with Crippen LogP contribution in [0.3, 0.4) is 0 Å². The lowest BCUT2D eigenvalue weighted by atomic mass is 10.2. The molecular weight excluding hydrogens is 248 g/mol. The minimum atomic E-state index is -0.413. The first kappa shape index (κ1) is 13.2. The van der Waals surface area contributed by atoms with Gasteiger partial charge in [-0.3, -0.25) is 9.59 Å². The van der Waals surface area contributed by atoms with Gasteiger partial charge in [-0.25, -0.2) is 0 Å². The zero-order valence-electron chi connectivity index (χ0n) is 10.6. The Balaban J connectivity index is 1.88. The van der Waals surface area contributed by atoms with Gasteiger partial charge in [0.2, 0.25) is 5.91 Å². The summed E-state index contributed by atoms with van der Waals surface area (Å²) in [6.07, 6.45) is 2.01. The Morgan fingerprint density at radius 2 is 2.16 bits per heavy atom. The number of aromatic hydroxyl groups is 1. The van der Waals surface area contributed by atoms with E-state index < -0.39 is 5.91 Å². The molecule has 0 aromatic heterocycles. The Hall–Kier alpha value is -2.24. The van der Waals surface area contributed by atoms with Gasteiger partial charge >= 0.3 is 0 Å². The Labute approximate surface area is 110 Å². The maximum atomic E-state index is 11.8. The van der Waals surface area contributed by atoms with Gasteiger partial charge in [0.1, 0.15) is 0 Å². The molecule has 0 heterocycles. The van der Waals surface area contributed by atoms with Crippen molar-refractivity contribution in [2.45, 2.75) is 18.9 Å². The van der Waals surface area contributed by atoms with Crippen LogP contribution in [-0.2, 0) is 4.79 Å². The lowest BCUT2D eigenvalue weighted by Gasteiger charge is -2.08. The van der Waals surface area contributed by atoms with Crippen LogP contribution in [0.2, 0.25) is 0 Å². The molecule has 0 bridgehead atoms. The molecule has 0 spiro atoms. The quantitative estimate of drug-likeness (QED) is 0.718. The first-order valence-corrected chi connectivity index (χ1v) is 6.04. The molecule has 3 N–H and O–H groups in total. The number of phenolic OH excluding ortho intramolecular Hbond substituents is 1. The predicted molar refractivity (Wildman–Crippen MR) is 68.2 cm³/mol. The van der Waals surface area contributed by atoms with E-state index in [0.29, 0.717) is 5.75 Å². The van der Waals surface area contributed by atoms with Crippen molar-refractivity contribution in [2.24, 2.45) is 0 Å². The number of methoxy groups -OCH3 is 1. The van der Waals surface area contributed by atoms with Crippen LogP contribution in [-0.4, -0.2) is 36.6 Å². The van der Waals surface area contributed by atoms with Crippen LogP contribution < -0.4 is 15.4 Å². The SMILES string of the molecule is COc1ccc(C(=O)NCC(=O)NC2CC2)cc1O. The number of rotatable bonds is 5. The molecule has 2 amide bonds. The molecule has 0 aliphatic heterocycles. The molecule has 102 valence electrons.